The van der Waals surface area contributed by atoms with E-state index in [4.69, 9.17) is 9.84 Å². The van der Waals surface area contributed by atoms with Crippen LogP contribution in [0.1, 0.15) is 25.0 Å². The molecule has 0 aliphatic rings. The predicted molar refractivity (Wildman–Crippen MR) is 66.0 cm³/mol. The van der Waals surface area contributed by atoms with Crippen LogP contribution in [0.5, 0.6) is 0 Å². The molecule has 0 radical (unpaired) electrons. The average Bonchev–Trinajstić information content (AvgIpc) is 2.37. The molecular formula is C13H17NO4. The number of carboxylic acid groups (broad SMARTS) is 1. The van der Waals surface area contributed by atoms with Crippen molar-refractivity contribution in [2.24, 2.45) is 0 Å². The van der Waals surface area contributed by atoms with Gasteiger partial charge in [0.2, 0.25) is 0 Å². The maximum atomic E-state index is 11.9. The first-order chi connectivity index (χ1) is 8.60. The molecule has 0 aliphatic heterocycles. The second kappa shape index (κ2) is 6.76. The maximum absolute atomic E-state index is 11.9. The Balaban J connectivity index is 2.78. The third-order valence-corrected chi connectivity index (χ3v) is 2.60. The molecular weight excluding hydrogens is 234 g/mol. The quantitative estimate of drug-likeness (QED) is 0.800. The van der Waals surface area contributed by atoms with Gasteiger partial charge in [-0.1, -0.05) is 37.3 Å². The minimum Gasteiger partial charge on any atom is -0.480 e. The first-order valence-electron chi connectivity index (χ1n) is 5.71. The molecule has 1 aromatic rings. The van der Waals surface area contributed by atoms with Crippen LogP contribution in [0.4, 0.5) is 0 Å². The number of carbonyl (C=O) groups excluding carboxylic acids is 1. The van der Waals surface area contributed by atoms with E-state index in [0.717, 1.165) is 0 Å². The summed E-state index contributed by atoms with van der Waals surface area (Å²) in [5.41, 5.74) is 0.692. The summed E-state index contributed by atoms with van der Waals surface area (Å²) in [7, 11) is 1.42. The van der Waals surface area contributed by atoms with Crippen molar-refractivity contribution in [2.75, 3.05) is 7.11 Å². The van der Waals surface area contributed by atoms with Crippen molar-refractivity contribution < 1.29 is 19.4 Å². The Morgan fingerprint density at radius 3 is 2.39 bits per heavy atom. The number of methoxy groups -OCH3 is 1. The van der Waals surface area contributed by atoms with Crippen LogP contribution in [-0.2, 0) is 14.3 Å². The minimum absolute atomic E-state index is 0.326. The molecule has 0 fully saturated rings. The van der Waals surface area contributed by atoms with Crippen molar-refractivity contribution in [2.45, 2.75) is 25.5 Å². The lowest BCUT2D eigenvalue weighted by Crippen LogP contribution is -2.43. The summed E-state index contributed by atoms with van der Waals surface area (Å²) in [6.07, 6.45) is -0.466. The van der Waals surface area contributed by atoms with Gasteiger partial charge in [0.25, 0.3) is 5.91 Å². The number of hydrogen-bond donors (Lipinski definition) is 2. The molecule has 98 valence electrons. The van der Waals surface area contributed by atoms with Gasteiger partial charge in [0.05, 0.1) is 0 Å². The summed E-state index contributed by atoms with van der Waals surface area (Å²) >= 11 is 0. The molecule has 2 N–H and O–H groups in total. The number of aliphatic carboxylic acids is 1. The number of hydrogen-bond acceptors (Lipinski definition) is 3. The van der Waals surface area contributed by atoms with Crippen LogP contribution in [0.2, 0.25) is 0 Å². The van der Waals surface area contributed by atoms with Crippen molar-refractivity contribution in [3.8, 4) is 0 Å². The summed E-state index contributed by atoms with van der Waals surface area (Å²) in [5.74, 6) is -1.49. The van der Waals surface area contributed by atoms with Crippen LogP contribution in [0.15, 0.2) is 30.3 Å². The zero-order chi connectivity index (χ0) is 13.5. The van der Waals surface area contributed by atoms with Gasteiger partial charge in [-0.3, -0.25) is 4.79 Å². The highest BCUT2D eigenvalue weighted by Gasteiger charge is 2.24. The molecule has 5 nitrogen and oxygen atoms in total. The van der Waals surface area contributed by atoms with E-state index in [2.05, 4.69) is 5.32 Å². The fourth-order valence-electron chi connectivity index (χ4n) is 1.61. The molecule has 0 heterocycles. The fourth-order valence-corrected chi connectivity index (χ4v) is 1.61. The van der Waals surface area contributed by atoms with Crippen LogP contribution in [0, 0.1) is 0 Å². The molecule has 18 heavy (non-hydrogen) atoms. The van der Waals surface area contributed by atoms with E-state index in [1.165, 1.54) is 7.11 Å². The van der Waals surface area contributed by atoms with E-state index in [-0.39, 0.29) is 0 Å². The second-order valence-electron chi connectivity index (χ2n) is 3.83. The van der Waals surface area contributed by atoms with Gasteiger partial charge in [-0.15, -0.1) is 0 Å². The molecule has 0 bridgehead atoms. The average molecular weight is 251 g/mol. The fraction of sp³-hybridized carbons (Fsp3) is 0.385. The van der Waals surface area contributed by atoms with Crippen molar-refractivity contribution in [3.05, 3.63) is 35.9 Å². The molecule has 0 unspecified atom stereocenters. The lowest BCUT2D eigenvalue weighted by Gasteiger charge is -2.18. The molecule has 0 spiro atoms. The second-order valence-corrected chi connectivity index (χ2v) is 3.83. The normalized spacial score (nSPS) is 13.7. The molecule has 0 saturated heterocycles. The Hall–Kier alpha value is -1.88. The van der Waals surface area contributed by atoms with Gasteiger partial charge in [0.15, 0.2) is 6.10 Å². The lowest BCUT2D eigenvalue weighted by molar-refractivity contribution is -0.144. The Morgan fingerprint density at radius 1 is 1.33 bits per heavy atom. The zero-order valence-corrected chi connectivity index (χ0v) is 10.4. The lowest BCUT2D eigenvalue weighted by atomic mass is 10.1. The molecule has 0 aromatic heterocycles. The van der Waals surface area contributed by atoms with E-state index in [1.807, 2.05) is 6.07 Å². The van der Waals surface area contributed by atoms with Crippen molar-refractivity contribution in [3.63, 3.8) is 0 Å². The summed E-state index contributed by atoms with van der Waals surface area (Å²) in [6, 6.07) is 8.05. The molecule has 0 aliphatic carbocycles. The van der Waals surface area contributed by atoms with E-state index in [0.29, 0.717) is 12.0 Å². The summed E-state index contributed by atoms with van der Waals surface area (Å²) in [6.45, 7) is 1.70. The number of benzene rings is 1. The first-order valence-corrected chi connectivity index (χ1v) is 5.71. The topological polar surface area (TPSA) is 75.6 Å². The molecule has 2 atom stereocenters. The monoisotopic (exact) mass is 251 g/mol. The van der Waals surface area contributed by atoms with Crippen LogP contribution >= 0.6 is 0 Å². The number of ether oxygens (including phenoxy) is 1. The number of carbonyl (C=O) groups is 2. The van der Waals surface area contributed by atoms with Crippen LogP contribution in [-0.4, -0.2) is 30.1 Å². The Labute approximate surface area is 106 Å². The Kier molecular flexibility index (Phi) is 5.32. The van der Waals surface area contributed by atoms with E-state index < -0.39 is 24.0 Å². The standard InChI is InChI=1S/C13H17NO4/c1-3-10(13(16)17)14-12(15)11(18-2)9-7-5-4-6-8-9/h4-8,10-11H,3H2,1-2H3,(H,14,15)(H,16,17)/t10-,11-/m0/s1. The van der Waals surface area contributed by atoms with Crippen LogP contribution in [0.3, 0.4) is 0 Å². The van der Waals surface area contributed by atoms with Gasteiger partial charge in [0, 0.05) is 7.11 Å². The van der Waals surface area contributed by atoms with Crippen LogP contribution in [0.25, 0.3) is 0 Å². The van der Waals surface area contributed by atoms with Gasteiger partial charge < -0.3 is 15.2 Å². The number of amides is 1. The highest BCUT2D eigenvalue weighted by molar-refractivity contribution is 5.87. The smallest absolute Gasteiger partial charge is 0.326 e. The minimum atomic E-state index is -1.05. The predicted octanol–water partition coefficient (Wildman–Crippen LogP) is 1.35. The summed E-state index contributed by atoms with van der Waals surface area (Å²) in [5, 5.41) is 11.3. The number of rotatable bonds is 6. The van der Waals surface area contributed by atoms with Crippen molar-refractivity contribution in [1.29, 1.82) is 0 Å². The molecule has 5 heteroatoms. The molecule has 1 amide bonds. The summed E-state index contributed by atoms with van der Waals surface area (Å²) < 4.78 is 5.12. The molecule has 1 rings (SSSR count). The number of carboxylic acids is 1. The third kappa shape index (κ3) is 3.56. The van der Waals surface area contributed by atoms with Crippen molar-refractivity contribution in [1.82, 2.24) is 5.32 Å². The SMILES string of the molecule is CC[C@H](NC(=O)[C@@H](OC)c1ccccc1)C(=O)O. The van der Waals surface area contributed by atoms with Gasteiger partial charge >= 0.3 is 5.97 Å². The maximum Gasteiger partial charge on any atom is 0.326 e. The first kappa shape index (κ1) is 14.2. The van der Waals surface area contributed by atoms with Crippen LogP contribution < -0.4 is 5.32 Å². The largest absolute Gasteiger partial charge is 0.480 e. The van der Waals surface area contributed by atoms with Gasteiger partial charge in [-0.25, -0.2) is 4.79 Å². The molecule has 0 saturated carbocycles. The Bertz CT molecular complexity index is 405. The van der Waals surface area contributed by atoms with Gasteiger partial charge in [-0.2, -0.15) is 0 Å². The van der Waals surface area contributed by atoms with E-state index in [9.17, 15) is 9.59 Å². The van der Waals surface area contributed by atoms with Gasteiger partial charge in [-0.05, 0) is 12.0 Å². The Morgan fingerprint density at radius 2 is 1.94 bits per heavy atom. The highest BCUT2D eigenvalue weighted by atomic mass is 16.5. The number of nitrogens with one attached hydrogen (secondary N) is 1. The van der Waals surface area contributed by atoms with E-state index >= 15 is 0 Å². The third-order valence-electron chi connectivity index (χ3n) is 2.60. The van der Waals surface area contributed by atoms with Crippen molar-refractivity contribution >= 4 is 11.9 Å². The van der Waals surface area contributed by atoms with E-state index in [1.54, 1.807) is 31.2 Å². The zero-order valence-electron chi connectivity index (χ0n) is 10.4. The summed E-state index contributed by atoms with van der Waals surface area (Å²) in [4.78, 5) is 22.8. The molecule has 1 aromatic carbocycles. The highest BCUT2D eigenvalue weighted by Crippen LogP contribution is 2.16. The van der Waals surface area contributed by atoms with Gasteiger partial charge in [0.1, 0.15) is 6.04 Å².